The van der Waals surface area contributed by atoms with Crippen LogP contribution >= 0.6 is 11.3 Å². The van der Waals surface area contributed by atoms with Gasteiger partial charge >= 0.3 is 0 Å². The molecule has 0 atom stereocenters. The lowest BCUT2D eigenvalue weighted by molar-refractivity contribution is 0.103. The predicted octanol–water partition coefficient (Wildman–Crippen LogP) is 3.79. The van der Waals surface area contributed by atoms with Gasteiger partial charge in [0.1, 0.15) is 4.88 Å². The van der Waals surface area contributed by atoms with Crippen molar-refractivity contribution in [1.29, 1.82) is 0 Å². The first-order chi connectivity index (χ1) is 11.3. The molecule has 5 nitrogen and oxygen atoms in total. The number of hydrogen-bond donors (Lipinski definition) is 1. The summed E-state index contributed by atoms with van der Waals surface area (Å²) in [6.07, 6.45) is 0. The molecule has 114 valence electrons. The minimum Gasteiger partial charge on any atom is -0.454 e. The molecule has 1 N–H and O–H groups in total. The Morgan fingerprint density at radius 2 is 1.91 bits per heavy atom. The van der Waals surface area contributed by atoms with Crippen LogP contribution in [0.25, 0.3) is 11.3 Å². The third kappa shape index (κ3) is 2.64. The number of hydrogen-bond acceptors (Lipinski definition) is 5. The molecule has 3 aromatic rings. The van der Waals surface area contributed by atoms with E-state index >= 15 is 0 Å². The van der Waals surface area contributed by atoms with Gasteiger partial charge in [0.2, 0.25) is 6.79 Å². The molecule has 1 aromatic heterocycles. The first-order valence-electron chi connectivity index (χ1n) is 7.01. The molecular formula is C17H12N2O3S. The number of benzene rings is 2. The van der Waals surface area contributed by atoms with Gasteiger partial charge in [-0.2, -0.15) is 0 Å². The molecule has 1 amide bonds. The molecule has 23 heavy (non-hydrogen) atoms. The second kappa shape index (κ2) is 5.73. The summed E-state index contributed by atoms with van der Waals surface area (Å²) >= 11 is 1.32. The van der Waals surface area contributed by atoms with Crippen LogP contribution in [0.4, 0.5) is 5.69 Å². The highest BCUT2D eigenvalue weighted by Crippen LogP contribution is 2.34. The summed E-state index contributed by atoms with van der Waals surface area (Å²) in [5, 5.41) is 2.88. The first kappa shape index (κ1) is 13.8. The zero-order chi connectivity index (χ0) is 15.6. The molecule has 2 heterocycles. The molecule has 0 saturated carbocycles. The number of carbonyl (C=O) groups is 1. The largest absolute Gasteiger partial charge is 0.454 e. The van der Waals surface area contributed by atoms with Gasteiger partial charge in [0, 0.05) is 17.3 Å². The molecule has 4 rings (SSSR count). The number of rotatable bonds is 3. The molecular weight excluding hydrogens is 312 g/mol. The average molecular weight is 324 g/mol. The number of aromatic nitrogens is 1. The van der Waals surface area contributed by atoms with Crippen LogP contribution in [-0.2, 0) is 0 Å². The van der Waals surface area contributed by atoms with Crippen LogP contribution < -0.4 is 14.8 Å². The monoisotopic (exact) mass is 324 g/mol. The molecule has 1 aliphatic heterocycles. The van der Waals surface area contributed by atoms with Crippen molar-refractivity contribution >= 4 is 22.9 Å². The van der Waals surface area contributed by atoms with E-state index < -0.39 is 0 Å². The highest BCUT2D eigenvalue weighted by Gasteiger charge is 2.18. The molecule has 0 fully saturated rings. The van der Waals surface area contributed by atoms with E-state index in [0.717, 1.165) is 5.56 Å². The van der Waals surface area contributed by atoms with E-state index in [1.165, 1.54) is 11.3 Å². The fourth-order valence-corrected chi connectivity index (χ4v) is 3.07. The number of anilines is 1. The van der Waals surface area contributed by atoms with Crippen LogP contribution in [0.3, 0.4) is 0 Å². The van der Waals surface area contributed by atoms with E-state index in [4.69, 9.17) is 9.47 Å². The Bertz CT molecular complexity index is 861. The molecule has 6 heteroatoms. The summed E-state index contributed by atoms with van der Waals surface area (Å²) < 4.78 is 10.6. The van der Waals surface area contributed by atoms with Crippen LogP contribution in [0.15, 0.2) is 54.0 Å². The maximum absolute atomic E-state index is 12.6. The molecule has 1 aliphatic rings. The van der Waals surface area contributed by atoms with E-state index in [0.29, 0.717) is 27.8 Å². The van der Waals surface area contributed by atoms with Crippen molar-refractivity contribution in [2.24, 2.45) is 0 Å². The van der Waals surface area contributed by atoms with Gasteiger partial charge in [0.15, 0.2) is 11.5 Å². The normalized spacial score (nSPS) is 12.2. The van der Waals surface area contributed by atoms with Gasteiger partial charge in [0.05, 0.1) is 11.2 Å². The van der Waals surface area contributed by atoms with Gasteiger partial charge in [-0.25, -0.2) is 4.98 Å². The van der Waals surface area contributed by atoms with Crippen molar-refractivity contribution in [2.45, 2.75) is 0 Å². The lowest BCUT2D eigenvalue weighted by atomic mass is 10.1. The number of nitrogens with zero attached hydrogens (tertiary/aromatic N) is 1. The number of amides is 1. The second-order valence-corrected chi connectivity index (χ2v) is 5.77. The summed E-state index contributed by atoms with van der Waals surface area (Å²) in [5.41, 5.74) is 3.95. The molecule has 2 aromatic carbocycles. The summed E-state index contributed by atoms with van der Waals surface area (Å²) in [7, 11) is 0. The molecule has 0 saturated heterocycles. The van der Waals surface area contributed by atoms with Crippen molar-refractivity contribution in [3.63, 3.8) is 0 Å². The number of ether oxygens (including phenoxy) is 2. The Kier molecular flexibility index (Phi) is 3.44. The van der Waals surface area contributed by atoms with Gasteiger partial charge in [-0.05, 0) is 12.1 Å². The highest BCUT2D eigenvalue weighted by molar-refractivity contribution is 7.12. The van der Waals surface area contributed by atoms with Crippen LogP contribution in [-0.4, -0.2) is 17.7 Å². The smallest absolute Gasteiger partial charge is 0.268 e. The van der Waals surface area contributed by atoms with E-state index in [9.17, 15) is 4.79 Å². The summed E-state index contributed by atoms with van der Waals surface area (Å²) in [5.74, 6) is 1.13. The zero-order valence-corrected chi connectivity index (χ0v) is 12.8. The molecule has 0 aliphatic carbocycles. The third-order valence-electron chi connectivity index (χ3n) is 3.45. The maximum atomic E-state index is 12.6. The van der Waals surface area contributed by atoms with Crippen molar-refractivity contribution in [1.82, 2.24) is 4.98 Å². The van der Waals surface area contributed by atoms with E-state index in [2.05, 4.69) is 10.3 Å². The molecule has 0 unspecified atom stereocenters. The van der Waals surface area contributed by atoms with Gasteiger partial charge in [-0.15, -0.1) is 11.3 Å². The van der Waals surface area contributed by atoms with Crippen LogP contribution in [0.5, 0.6) is 11.5 Å². The summed E-state index contributed by atoms with van der Waals surface area (Å²) in [4.78, 5) is 17.5. The van der Waals surface area contributed by atoms with Crippen molar-refractivity contribution in [3.8, 4) is 22.8 Å². The molecule has 0 radical (unpaired) electrons. The average Bonchev–Trinajstić information content (AvgIpc) is 3.24. The lowest BCUT2D eigenvalue weighted by Gasteiger charge is -2.06. The number of carbonyl (C=O) groups excluding carboxylic acids is 1. The Morgan fingerprint density at radius 1 is 1.09 bits per heavy atom. The predicted molar refractivity (Wildman–Crippen MR) is 88.1 cm³/mol. The lowest BCUT2D eigenvalue weighted by Crippen LogP contribution is -2.11. The number of fused-ring (bicyclic) bond motifs is 1. The fraction of sp³-hybridized carbons (Fsp3) is 0.0588. The standard InChI is InChI=1S/C17H12N2O3S/c20-17(19-12-6-7-13-14(8-12)22-10-21-13)16-15(18-9-23-16)11-4-2-1-3-5-11/h1-9H,10H2,(H,19,20). The molecule has 0 spiro atoms. The Hall–Kier alpha value is -2.86. The Labute approximate surface area is 136 Å². The first-order valence-corrected chi connectivity index (χ1v) is 7.89. The van der Waals surface area contributed by atoms with Crippen molar-refractivity contribution in [3.05, 3.63) is 58.9 Å². The van der Waals surface area contributed by atoms with Crippen molar-refractivity contribution < 1.29 is 14.3 Å². The summed E-state index contributed by atoms with van der Waals surface area (Å²) in [6, 6.07) is 15.0. The zero-order valence-electron chi connectivity index (χ0n) is 12.0. The Morgan fingerprint density at radius 3 is 2.78 bits per heavy atom. The quantitative estimate of drug-likeness (QED) is 0.796. The van der Waals surface area contributed by atoms with E-state index in [-0.39, 0.29) is 12.7 Å². The minimum atomic E-state index is -0.190. The topological polar surface area (TPSA) is 60.5 Å². The van der Waals surface area contributed by atoms with Gasteiger partial charge in [0.25, 0.3) is 5.91 Å². The number of nitrogens with one attached hydrogen (secondary N) is 1. The SMILES string of the molecule is O=C(Nc1ccc2c(c1)OCO2)c1scnc1-c1ccccc1. The second-order valence-electron chi connectivity index (χ2n) is 4.92. The van der Waals surface area contributed by atoms with Crippen LogP contribution in [0.1, 0.15) is 9.67 Å². The Balaban J connectivity index is 1.60. The van der Waals surface area contributed by atoms with Crippen LogP contribution in [0.2, 0.25) is 0 Å². The minimum absolute atomic E-state index is 0.190. The summed E-state index contributed by atoms with van der Waals surface area (Å²) in [6.45, 7) is 0.208. The van der Waals surface area contributed by atoms with Gasteiger partial charge < -0.3 is 14.8 Å². The van der Waals surface area contributed by atoms with E-state index in [1.807, 2.05) is 30.3 Å². The van der Waals surface area contributed by atoms with Crippen LogP contribution in [0, 0.1) is 0 Å². The van der Waals surface area contributed by atoms with Crippen molar-refractivity contribution in [2.75, 3.05) is 12.1 Å². The fourth-order valence-electron chi connectivity index (χ4n) is 2.37. The maximum Gasteiger partial charge on any atom is 0.268 e. The third-order valence-corrected chi connectivity index (χ3v) is 4.28. The number of thiazole rings is 1. The van der Waals surface area contributed by atoms with Gasteiger partial charge in [-0.1, -0.05) is 30.3 Å². The highest BCUT2D eigenvalue weighted by atomic mass is 32.1. The molecule has 0 bridgehead atoms. The van der Waals surface area contributed by atoms with Gasteiger partial charge in [-0.3, -0.25) is 4.79 Å². The van der Waals surface area contributed by atoms with E-state index in [1.54, 1.807) is 23.7 Å².